The van der Waals surface area contributed by atoms with Gasteiger partial charge in [-0.2, -0.15) is 0 Å². The third-order valence-corrected chi connectivity index (χ3v) is 12.0. The van der Waals surface area contributed by atoms with E-state index in [-0.39, 0.29) is 32.3 Å². The van der Waals surface area contributed by atoms with Crippen LogP contribution in [0.3, 0.4) is 0 Å². The van der Waals surface area contributed by atoms with Crippen LogP contribution in [0.4, 0.5) is 0 Å². The van der Waals surface area contributed by atoms with E-state index in [1.54, 1.807) is 0 Å². The second-order valence-corrected chi connectivity index (χ2v) is 18.5. The van der Waals surface area contributed by atoms with Crippen molar-refractivity contribution in [2.45, 2.75) is 251 Å². The lowest BCUT2D eigenvalue weighted by Crippen LogP contribution is -2.28. The first-order valence-corrected chi connectivity index (χ1v) is 27.0. The largest absolute Gasteiger partial charge is 0.472 e. The molecule has 3 N–H and O–H groups in total. The molecular formula is C51H98NO7P. The highest BCUT2D eigenvalue weighted by Gasteiger charge is 2.25. The Morgan fingerprint density at radius 2 is 0.883 bits per heavy atom. The van der Waals surface area contributed by atoms with Crippen molar-refractivity contribution in [1.29, 1.82) is 0 Å². The highest BCUT2D eigenvalue weighted by molar-refractivity contribution is 7.47. The molecule has 354 valence electrons. The van der Waals surface area contributed by atoms with Gasteiger partial charge in [0.05, 0.1) is 19.8 Å². The number of nitrogens with two attached hydrogens (primary N) is 1. The van der Waals surface area contributed by atoms with Crippen molar-refractivity contribution in [1.82, 2.24) is 0 Å². The van der Waals surface area contributed by atoms with E-state index in [0.29, 0.717) is 13.0 Å². The molecular weight excluding hydrogens is 770 g/mol. The number of esters is 1. The molecule has 0 saturated carbocycles. The Labute approximate surface area is 371 Å². The average molecular weight is 868 g/mol. The molecule has 2 unspecified atom stereocenters. The summed E-state index contributed by atoms with van der Waals surface area (Å²) in [5.74, 6) is -0.331. The van der Waals surface area contributed by atoms with Crippen LogP contribution in [0.15, 0.2) is 36.5 Å². The third kappa shape index (κ3) is 47.8. The molecule has 0 aliphatic carbocycles. The predicted molar refractivity (Wildman–Crippen MR) is 256 cm³/mol. The third-order valence-electron chi connectivity index (χ3n) is 11.0. The van der Waals surface area contributed by atoms with E-state index in [1.807, 2.05) is 0 Å². The van der Waals surface area contributed by atoms with Crippen molar-refractivity contribution in [3.63, 3.8) is 0 Å². The van der Waals surface area contributed by atoms with Crippen molar-refractivity contribution >= 4 is 13.8 Å². The summed E-state index contributed by atoms with van der Waals surface area (Å²) in [7, 11) is -4.28. The Kier molecular flexibility index (Phi) is 47.7. The van der Waals surface area contributed by atoms with Gasteiger partial charge in [-0.15, -0.1) is 0 Å². The van der Waals surface area contributed by atoms with E-state index in [0.717, 1.165) is 38.5 Å². The molecule has 60 heavy (non-hydrogen) atoms. The number of hydrogen-bond acceptors (Lipinski definition) is 7. The maximum absolute atomic E-state index is 12.7. The molecule has 0 fully saturated rings. The quantitative estimate of drug-likeness (QED) is 0.0269. The van der Waals surface area contributed by atoms with Crippen LogP contribution in [0.5, 0.6) is 0 Å². The molecule has 8 nitrogen and oxygen atoms in total. The summed E-state index contributed by atoms with van der Waals surface area (Å²) >= 11 is 0. The summed E-state index contributed by atoms with van der Waals surface area (Å²) in [6.07, 6.45) is 57.4. The highest BCUT2D eigenvalue weighted by Crippen LogP contribution is 2.43. The monoisotopic (exact) mass is 868 g/mol. The summed E-state index contributed by atoms with van der Waals surface area (Å²) in [4.78, 5) is 22.6. The molecule has 0 saturated heterocycles. The van der Waals surface area contributed by atoms with E-state index < -0.39 is 13.9 Å². The molecule has 0 bridgehead atoms. The lowest BCUT2D eigenvalue weighted by atomic mass is 10.0. The van der Waals surface area contributed by atoms with E-state index >= 15 is 0 Å². The van der Waals surface area contributed by atoms with Gasteiger partial charge in [-0.05, 0) is 70.6 Å². The Morgan fingerprint density at radius 3 is 1.32 bits per heavy atom. The fourth-order valence-electron chi connectivity index (χ4n) is 7.26. The van der Waals surface area contributed by atoms with Crippen molar-refractivity contribution < 1.29 is 32.8 Å². The average Bonchev–Trinajstić information content (AvgIpc) is 3.24. The van der Waals surface area contributed by atoms with Crippen LogP contribution in [0.2, 0.25) is 0 Å². The normalized spacial score (nSPS) is 13.6. The molecule has 0 rings (SSSR count). The molecule has 0 spiro atoms. The van der Waals surface area contributed by atoms with Crippen LogP contribution in [0, 0.1) is 0 Å². The molecule has 0 radical (unpaired) electrons. The first kappa shape index (κ1) is 58.7. The van der Waals surface area contributed by atoms with Gasteiger partial charge in [0, 0.05) is 19.6 Å². The number of allylic oxidation sites excluding steroid dienone is 6. The number of carbonyl (C=O) groups excluding carboxylic acids is 1. The SMILES string of the molecule is CCCCCCC/C=C\C/C=C\CCCCCCCCCCCCCC(=O)OC(COCCCCCCCCCC/C=C\CCCCCCCC)COP(=O)(O)OCCN. The minimum Gasteiger partial charge on any atom is -0.457 e. The molecule has 9 heteroatoms. The zero-order valence-corrected chi connectivity index (χ0v) is 40.3. The molecule has 2 atom stereocenters. The van der Waals surface area contributed by atoms with Crippen molar-refractivity contribution in [3.8, 4) is 0 Å². The van der Waals surface area contributed by atoms with Gasteiger partial charge in [-0.25, -0.2) is 4.57 Å². The summed E-state index contributed by atoms with van der Waals surface area (Å²) in [5.41, 5.74) is 5.39. The predicted octanol–water partition coefficient (Wildman–Crippen LogP) is 15.8. The standard InChI is InChI=1S/C51H98NO7P/c1-3-5-7-9-11-13-15-17-19-21-23-24-25-26-27-28-30-32-34-36-38-40-42-44-51(53)59-50(49-58-60(54,55)57-47-45-52)48-56-46-43-41-39-37-35-33-31-29-22-20-18-16-14-12-10-8-6-4-2/h15,17-18,20-21,23,50H,3-14,16,19,22,24-49,52H2,1-2H3,(H,54,55)/b17-15-,20-18-,23-21-. The summed E-state index contributed by atoms with van der Waals surface area (Å²) in [6, 6.07) is 0. The van der Waals surface area contributed by atoms with Crippen molar-refractivity contribution in [2.75, 3.05) is 33.0 Å². The minimum atomic E-state index is -4.28. The van der Waals surface area contributed by atoms with Gasteiger partial charge in [-0.3, -0.25) is 13.8 Å². The van der Waals surface area contributed by atoms with Crippen molar-refractivity contribution in [2.24, 2.45) is 5.73 Å². The van der Waals surface area contributed by atoms with Gasteiger partial charge in [0.2, 0.25) is 0 Å². The lowest BCUT2D eigenvalue weighted by Gasteiger charge is -2.20. The second-order valence-electron chi connectivity index (χ2n) is 17.0. The number of rotatable bonds is 49. The summed E-state index contributed by atoms with van der Waals surface area (Å²) in [5, 5.41) is 0. The smallest absolute Gasteiger partial charge is 0.457 e. The molecule has 0 aliphatic rings. The molecule has 0 aromatic rings. The van der Waals surface area contributed by atoms with Gasteiger partial charge >= 0.3 is 13.8 Å². The van der Waals surface area contributed by atoms with E-state index in [9.17, 15) is 14.3 Å². The maximum Gasteiger partial charge on any atom is 0.472 e. The van der Waals surface area contributed by atoms with Crippen LogP contribution in [-0.4, -0.2) is 49.9 Å². The van der Waals surface area contributed by atoms with E-state index in [2.05, 4.69) is 50.3 Å². The number of unbranched alkanes of at least 4 members (excludes halogenated alkanes) is 30. The van der Waals surface area contributed by atoms with Crippen LogP contribution in [0.25, 0.3) is 0 Å². The van der Waals surface area contributed by atoms with Crippen LogP contribution in [-0.2, 0) is 27.9 Å². The van der Waals surface area contributed by atoms with Crippen LogP contribution < -0.4 is 5.73 Å². The zero-order valence-electron chi connectivity index (χ0n) is 39.5. The maximum atomic E-state index is 12.7. The van der Waals surface area contributed by atoms with Gasteiger partial charge in [-0.1, -0.05) is 204 Å². The van der Waals surface area contributed by atoms with E-state index in [1.165, 1.54) is 186 Å². The lowest BCUT2D eigenvalue weighted by molar-refractivity contribution is -0.154. The number of hydrogen-bond donors (Lipinski definition) is 2. The second kappa shape index (κ2) is 48.7. The molecule has 0 heterocycles. The molecule has 0 aliphatic heterocycles. The van der Waals surface area contributed by atoms with Gasteiger partial charge in [0.25, 0.3) is 0 Å². The Bertz CT molecular complexity index is 1020. The molecule has 0 amide bonds. The molecule has 0 aromatic carbocycles. The fourth-order valence-corrected chi connectivity index (χ4v) is 8.02. The zero-order chi connectivity index (χ0) is 43.7. The summed E-state index contributed by atoms with van der Waals surface area (Å²) in [6.45, 7) is 4.94. The fraction of sp³-hybridized carbons (Fsp3) is 0.863. The van der Waals surface area contributed by atoms with E-state index in [4.69, 9.17) is 24.3 Å². The highest BCUT2D eigenvalue weighted by atomic mass is 31.2. The number of phosphoric ester groups is 1. The Morgan fingerprint density at radius 1 is 0.500 bits per heavy atom. The van der Waals surface area contributed by atoms with Gasteiger partial charge in [0.15, 0.2) is 0 Å². The van der Waals surface area contributed by atoms with Crippen LogP contribution >= 0.6 is 7.82 Å². The Balaban J connectivity index is 3.94. The topological polar surface area (TPSA) is 117 Å². The number of carbonyl (C=O) groups is 1. The first-order chi connectivity index (χ1) is 29.4. The number of phosphoric acid groups is 1. The van der Waals surface area contributed by atoms with Crippen LogP contribution in [0.1, 0.15) is 245 Å². The summed E-state index contributed by atoms with van der Waals surface area (Å²) < 4.78 is 33.6. The minimum absolute atomic E-state index is 0.0958. The van der Waals surface area contributed by atoms with Gasteiger partial charge < -0.3 is 20.1 Å². The number of ether oxygens (including phenoxy) is 2. The van der Waals surface area contributed by atoms with Crippen molar-refractivity contribution in [3.05, 3.63) is 36.5 Å². The first-order valence-electron chi connectivity index (χ1n) is 25.5. The van der Waals surface area contributed by atoms with Gasteiger partial charge in [0.1, 0.15) is 6.10 Å². The molecule has 0 aromatic heterocycles. The Hall–Kier alpha value is -1.28.